The van der Waals surface area contributed by atoms with E-state index in [1.807, 2.05) is 41.1 Å². The quantitative estimate of drug-likeness (QED) is 0.412. The van der Waals surface area contributed by atoms with Crippen LogP contribution < -0.4 is 10.6 Å². The van der Waals surface area contributed by atoms with Crippen LogP contribution in [-0.4, -0.2) is 57.3 Å². The van der Waals surface area contributed by atoms with E-state index in [1.165, 1.54) is 31.2 Å². The van der Waals surface area contributed by atoms with Crippen molar-refractivity contribution in [1.29, 1.82) is 0 Å². The number of halogens is 1. The lowest BCUT2D eigenvalue weighted by Crippen LogP contribution is -2.38. The predicted molar refractivity (Wildman–Crippen MR) is 137 cm³/mol. The van der Waals surface area contributed by atoms with Gasteiger partial charge >= 0.3 is 6.03 Å². The van der Waals surface area contributed by atoms with Crippen LogP contribution >= 0.6 is 0 Å². The first-order valence-electron chi connectivity index (χ1n) is 13.0. The molecule has 3 aromatic rings. The number of carbonyl (C=O) groups is 1. The Morgan fingerprint density at radius 1 is 1.08 bits per heavy atom. The Labute approximate surface area is 211 Å². The van der Waals surface area contributed by atoms with E-state index in [0.717, 1.165) is 50.4 Å². The van der Waals surface area contributed by atoms with Crippen molar-refractivity contribution in [2.24, 2.45) is 11.8 Å². The summed E-state index contributed by atoms with van der Waals surface area (Å²) in [6.45, 7) is 4.56. The van der Waals surface area contributed by atoms with Crippen LogP contribution in [0.1, 0.15) is 37.7 Å². The molecule has 1 saturated carbocycles. The molecule has 1 saturated heterocycles. The van der Waals surface area contributed by atoms with Gasteiger partial charge in [-0.05, 0) is 104 Å². The molecule has 2 amide bonds. The van der Waals surface area contributed by atoms with Crippen LogP contribution in [0.5, 0.6) is 0 Å². The van der Waals surface area contributed by atoms with Crippen molar-refractivity contribution >= 4 is 11.7 Å². The number of carbonyl (C=O) groups excluding carboxylic acids is 1. The van der Waals surface area contributed by atoms with Crippen LogP contribution in [0.15, 0.2) is 48.5 Å². The second kappa shape index (κ2) is 11.6. The average molecular weight is 492 g/mol. The van der Waals surface area contributed by atoms with Crippen LogP contribution in [-0.2, 0) is 13.0 Å². The molecule has 1 aliphatic heterocycles. The van der Waals surface area contributed by atoms with E-state index in [9.17, 15) is 9.18 Å². The number of amides is 2. The number of benzene rings is 2. The first kappa shape index (κ1) is 24.4. The fourth-order valence-corrected chi connectivity index (χ4v) is 4.97. The van der Waals surface area contributed by atoms with E-state index < -0.39 is 0 Å². The number of nitrogens with zero attached hydrogens (tertiary/aromatic N) is 5. The molecule has 2 N–H and O–H groups in total. The highest BCUT2D eigenvalue weighted by Gasteiger charge is 2.24. The highest BCUT2D eigenvalue weighted by Crippen LogP contribution is 2.31. The number of aromatic nitrogens is 4. The zero-order chi connectivity index (χ0) is 24.7. The average Bonchev–Trinajstić information content (AvgIpc) is 3.58. The number of nitrogens with one attached hydrogen (secondary N) is 2. The molecule has 1 aliphatic carbocycles. The van der Waals surface area contributed by atoms with E-state index in [0.29, 0.717) is 24.1 Å². The van der Waals surface area contributed by atoms with E-state index in [-0.39, 0.29) is 11.8 Å². The van der Waals surface area contributed by atoms with Gasteiger partial charge in [0.15, 0.2) is 5.82 Å². The number of tetrazole rings is 1. The summed E-state index contributed by atoms with van der Waals surface area (Å²) < 4.78 is 15.0. The number of piperidine rings is 1. The number of hydrogen-bond donors (Lipinski definition) is 2. The molecule has 2 fully saturated rings. The third-order valence-corrected chi connectivity index (χ3v) is 7.02. The van der Waals surface area contributed by atoms with Gasteiger partial charge in [0.05, 0.1) is 0 Å². The van der Waals surface area contributed by atoms with Crippen molar-refractivity contribution in [2.45, 2.75) is 45.1 Å². The van der Waals surface area contributed by atoms with E-state index in [4.69, 9.17) is 0 Å². The summed E-state index contributed by atoms with van der Waals surface area (Å²) in [4.78, 5) is 14.9. The zero-order valence-corrected chi connectivity index (χ0v) is 20.6. The standard InChI is InChI=1S/C27H34FN7O/c28-24-11-9-20(10-12-24)16-22-4-2-14-34(18-22)15-3-13-29-27(36)30-25-6-1-5-23(17-25)26-31-32-33-35(26)19-21-7-8-21/h1,5-6,9-12,17,21-22H,2-4,7-8,13-16,18-19H2,(H2,29,30,36). The fraction of sp³-hybridized carbons (Fsp3) is 0.481. The Hall–Kier alpha value is -3.33. The molecule has 0 bridgehead atoms. The highest BCUT2D eigenvalue weighted by molar-refractivity contribution is 5.89. The molecule has 1 atom stereocenters. The van der Waals surface area contributed by atoms with Crippen molar-refractivity contribution in [3.63, 3.8) is 0 Å². The Balaban J connectivity index is 1.04. The number of hydrogen-bond acceptors (Lipinski definition) is 5. The molecule has 1 aromatic heterocycles. The molecule has 2 aromatic carbocycles. The topological polar surface area (TPSA) is 88.0 Å². The van der Waals surface area contributed by atoms with Gasteiger partial charge < -0.3 is 15.5 Å². The Bertz CT molecular complexity index is 1150. The van der Waals surface area contributed by atoms with Gasteiger partial charge in [-0.15, -0.1) is 5.10 Å². The number of likely N-dealkylation sites (tertiary alicyclic amines) is 1. The lowest BCUT2D eigenvalue weighted by Gasteiger charge is -2.32. The van der Waals surface area contributed by atoms with Crippen LogP contribution in [0.2, 0.25) is 0 Å². The number of rotatable bonds is 10. The van der Waals surface area contributed by atoms with Crippen LogP contribution in [0, 0.1) is 17.7 Å². The van der Waals surface area contributed by atoms with E-state index >= 15 is 0 Å². The molecule has 8 nitrogen and oxygen atoms in total. The molecule has 2 aliphatic rings. The van der Waals surface area contributed by atoms with Gasteiger partial charge in [0.25, 0.3) is 0 Å². The first-order valence-corrected chi connectivity index (χ1v) is 13.0. The van der Waals surface area contributed by atoms with Crippen molar-refractivity contribution in [1.82, 2.24) is 30.4 Å². The summed E-state index contributed by atoms with van der Waals surface area (Å²) in [5.74, 6) is 1.81. The molecule has 190 valence electrons. The van der Waals surface area contributed by atoms with Gasteiger partial charge in [-0.2, -0.15) is 0 Å². The summed E-state index contributed by atoms with van der Waals surface area (Å²) in [5.41, 5.74) is 2.80. The molecular weight excluding hydrogens is 457 g/mol. The molecule has 36 heavy (non-hydrogen) atoms. The van der Waals surface area contributed by atoms with Gasteiger partial charge in [-0.1, -0.05) is 24.3 Å². The number of anilines is 1. The minimum atomic E-state index is -0.211. The van der Waals surface area contributed by atoms with Gasteiger partial charge in [0.1, 0.15) is 5.82 Å². The maximum atomic E-state index is 13.2. The highest BCUT2D eigenvalue weighted by atomic mass is 19.1. The van der Waals surface area contributed by atoms with Gasteiger partial charge in [0.2, 0.25) is 0 Å². The minimum Gasteiger partial charge on any atom is -0.338 e. The maximum Gasteiger partial charge on any atom is 0.319 e. The first-order chi connectivity index (χ1) is 17.6. The van der Waals surface area contributed by atoms with E-state index in [2.05, 4.69) is 31.1 Å². The summed E-state index contributed by atoms with van der Waals surface area (Å²) >= 11 is 0. The Kier molecular flexibility index (Phi) is 7.85. The summed E-state index contributed by atoms with van der Waals surface area (Å²) in [6.07, 6.45) is 6.74. The SMILES string of the molecule is O=C(NCCCN1CCCC(Cc2ccc(F)cc2)C1)Nc1cccc(-c2nnnn2CC2CC2)c1. The normalized spacial score (nSPS) is 18.2. The Morgan fingerprint density at radius 2 is 1.94 bits per heavy atom. The molecular formula is C27H34FN7O. The molecule has 0 radical (unpaired) electrons. The smallest absolute Gasteiger partial charge is 0.319 e. The number of urea groups is 1. The lowest BCUT2D eigenvalue weighted by atomic mass is 9.91. The van der Waals surface area contributed by atoms with Crippen LogP contribution in [0.25, 0.3) is 11.4 Å². The summed E-state index contributed by atoms with van der Waals surface area (Å²) in [5, 5.41) is 18.0. The summed E-state index contributed by atoms with van der Waals surface area (Å²) in [6, 6.07) is 14.3. The molecule has 9 heteroatoms. The summed E-state index contributed by atoms with van der Waals surface area (Å²) in [7, 11) is 0. The molecule has 1 unspecified atom stereocenters. The molecule has 5 rings (SSSR count). The minimum absolute atomic E-state index is 0.182. The molecule has 0 spiro atoms. The van der Waals surface area contributed by atoms with Crippen molar-refractivity contribution in [3.8, 4) is 11.4 Å². The second-order valence-corrected chi connectivity index (χ2v) is 10.1. The maximum absolute atomic E-state index is 13.2. The monoisotopic (exact) mass is 491 g/mol. The van der Waals surface area contributed by atoms with Gasteiger partial charge in [-0.25, -0.2) is 13.9 Å². The van der Waals surface area contributed by atoms with Crippen LogP contribution in [0.4, 0.5) is 14.9 Å². The fourth-order valence-electron chi connectivity index (χ4n) is 4.97. The molecule has 2 heterocycles. The lowest BCUT2D eigenvalue weighted by molar-refractivity contribution is 0.172. The predicted octanol–water partition coefficient (Wildman–Crippen LogP) is 4.36. The van der Waals surface area contributed by atoms with Crippen LogP contribution in [0.3, 0.4) is 0 Å². The van der Waals surface area contributed by atoms with Crippen molar-refractivity contribution in [2.75, 3.05) is 31.5 Å². The van der Waals surface area contributed by atoms with Gasteiger partial charge in [0, 0.05) is 30.9 Å². The Morgan fingerprint density at radius 3 is 2.78 bits per heavy atom. The zero-order valence-electron chi connectivity index (χ0n) is 20.6. The third kappa shape index (κ3) is 6.87. The largest absolute Gasteiger partial charge is 0.338 e. The second-order valence-electron chi connectivity index (χ2n) is 10.1. The van der Waals surface area contributed by atoms with Crippen molar-refractivity contribution in [3.05, 3.63) is 59.9 Å². The third-order valence-electron chi connectivity index (χ3n) is 7.02. The van der Waals surface area contributed by atoms with Gasteiger partial charge in [-0.3, -0.25) is 0 Å². The van der Waals surface area contributed by atoms with Crippen molar-refractivity contribution < 1.29 is 9.18 Å². The van der Waals surface area contributed by atoms with E-state index in [1.54, 1.807) is 12.1 Å².